The highest BCUT2D eigenvalue weighted by molar-refractivity contribution is 6.21. The molecule has 4 saturated heterocycles. The van der Waals surface area contributed by atoms with Gasteiger partial charge in [0.05, 0.1) is 44.6 Å². The number of fused-ring (bicyclic) bond motifs is 3. The number of nitrogens with zero attached hydrogens (tertiary/aromatic N) is 9. The Morgan fingerprint density at radius 2 is 1.21 bits per heavy atom. The molecule has 3 N–H and O–H groups in total. The van der Waals surface area contributed by atoms with Gasteiger partial charge in [-0.15, -0.1) is 11.6 Å². The number of ether oxygens (including phenoxy) is 1. The van der Waals surface area contributed by atoms with Gasteiger partial charge in [0.25, 0.3) is 0 Å². The molecule has 107 heavy (non-hydrogen) atoms. The lowest BCUT2D eigenvalue weighted by molar-refractivity contribution is -0.184. The molecule has 0 aromatic rings. The van der Waals surface area contributed by atoms with Crippen LogP contribution in [0.2, 0.25) is 0 Å². The molecule has 4 heterocycles. The number of alkyl halides is 7. The molecule has 0 aromatic carbocycles. The Labute approximate surface area is 630 Å². The third kappa shape index (κ3) is 20.4. The van der Waals surface area contributed by atoms with Crippen molar-refractivity contribution in [3.8, 4) is 0 Å². The average Bonchev–Trinajstić information content (AvgIpc) is 1.62. The number of hydrogen-bond donors (Lipinski definition) is 3. The van der Waals surface area contributed by atoms with E-state index in [1.54, 1.807) is 6.92 Å². The Bertz CT molecular complexity index is 3220. The predicted molar refractivity (Wildman–Crippen MR) is 381 cm³/mol. The summed E-state index contributed by atoms with van der Waals surface area (Å²) < 4.78 is 90.2. The van der Waals surface area contributed by atoms with Crippen LogP contribution in [0.4, 0.5) is 26.3 Å². The summed E-state index contributed by atoms with van der Waals surface area (Å²) >= 11 is 6.41. The Morgan fingerprint density at radius 1 is 0.589 bits per heavy atom. The van der Waals surface area contributed by atoms with Crippen LogP contribution in [0.25, 0.3) is 0 Å². The number of hydrogen-bond acceptors (Lipinski definition) is 13. The van der Waals surface area contributed by atoms with Gasteiger partial charge in [0.15, 0.2) is 0 Å². The first-order valence-electron chi connectivity index (χ1n) is 39.2. The molecule has 25 nitrogen and oxygen atoms in total. The molecule has 9 rings (SSSR count). The summed E-state index contributed by atoms with van der Waals surface area (Å²) in [5.74, 6) is -13.8. The normalized spacial score (nSPS) is 32.7. The van der Waals surface area contributed by atoms with Crippen molar-refractivity contribution in [3.63, 3.8) is 0 Å². The van der Waals surface area contributed by atoms with E-state index in [4.69, 9.17) is 16.3 Å². The van der Waals surface area contributed by atoms with Crippen molar-refractivity contribution in [2.75, 3.05) is 94.8 Å². The number of carbonyl (C=O) groups is 12. The van der Waals surface area contributed by atoms with E-state index in [-0.39, 0.29) is 148 Å². The van der Waals surface area contributed by atoms with Gasteiger partial charge in [-0.25, -0.2) is 0 Å². The van der Waals surface area contributed by atoms with Crippen molar-refractivity contribution in [1.82, 2.24) is 60.0 Å². The van der Waals surface area contributed by atoms with E-state index in [1.165, 1.54) is 76.6 Å². The Kier molecular flexibility index (Phi) is 28.5. The molecule has 13 atom stereocenters. The van der Waals surface area contributed by atoms with Crippen molar-refractivity contribution in [2.45, 2.75) is 259 Å². The molecule has 9 aliphatic rings. The minimum absolute atomic E-state index is 0.00866. The van der Waals surface area contributed by atoms with Gasteiger partial charge in [0, 0.05) is 73.8 Å². The van der Waals surface area contributed by atoms with E-state index < -0.39 is 198 Å². The minimum Gasteiger partial charge on any atom is -0.378 e. The predicted octanol–water partition coefficient (Wildman–Crippen LogP) is 6.26. The topological polar surface area (TPSA) is 279 Å². The van der Waals surface area contributed by atoms with Gasteiger partial charge in [-0.3, -0.25) is 57.5 Å². The van der Waals surface area contributed by atoms with Crippen LogP contribution < -0.4 is 16.0 Å². The highest BCUT2D eigenvalue weighted by Crippen LogP contribution is 2.46. The molecule has 602 valence electrons. The lowest BCUT2D eigenvalue weighted by atomic mass is 9.74. The largest absolute Gasteiger partial charge is 0.393 e. The lowest BCUT2D eigenvalue weighted by Gasteiger charge is -2.47. The number of likely N-dealkylation sites (N-methyl/N-ethyl adjacent to an activating group) is 6. The first kappa shape index (κ1) is 84.5. The molecule has 0 aromatic heterocycles. The van der Waals surface area contributed by atoms with E-state index in [0.29, 0.717) is 38.5 Å². The fraction of sp³-hybridized carbons (Fsp3) is 0.840. The third-order valence-electron chi connectivity index (χ3n) is 25.3. The standard InChI is InChI=1S/C75H115ClF6N12O13/c1-10-45(3)62-70(104)87(5)43-61(97)88(6)55-29-18-44(2)41-94(69(55)103)58(39-48-21-25-50(26-22-48)74(77,78)79)67(101)86(4)42-59(95)83-53(28-24-46-23-27-51(52(76)37-46)75(80,81)82)66(100)93-32-13-17-54(93)65(99)85-73(30-14-31-73)72(106)91(9)63(49-15-11-12-16-49)71(105)90(8)57(68(102)92-33-35-107-36-34-92)40-60(96)89(7)56(64(98)84-62)38-47-19-20-47/h44-58,62-63H,10-43H2,1-9H3,(H,83,95)(H,84,98)(H,85,99)/t44-,45+,46?,48?,50?,51?,52?,53+,54+,55+,56+,57+,58+,62+,63+/m1/s1. The van der Waals surface area contributed by atoms with Gasteiger partial charge in [0.2, 0.25) is 70.9 Å². The molecule has 3 unspecified atom stereocenters. The maximum Gasteiger partial charge on any atom is 0.393 e. The average molecular weight is 1540 g/mol. The van der Waals surface area contributed by atoms with Crippen LogP contribution in [0.5, 0.6) is 0 Å². The fourth-order valence-electron chi connectivity index (χ4n) is 17.8. The zero-order valence-electron chi connectivity index (χ0n) is 63.8. The fourth-order valence-corrected chi connectivity index (χ4v) is 18.4. The van der Waals surface area contributed by atoms with E-state index in [0.717, 1.165) is 35.5 Å². The van der Waals surface area contributed by atoms with E-state index in [1.807, 2.05) is 13.8 Å². The maximum absolute atomic E-state index is 15.7. The van der Waals surface area contributed by atoms with E-state index in [2.05, 4.69) is 16.0 Å². The van der Waals surface area contributed by atoms with E-state index in [9.17, 15) is 40.7 Å². The number of amides is 12. The maximum atomic E-state index is 15.7. The van der Waals surface area contributed by atoms with Crippen molar-refractivity contribution < 1.29 is 88.6 Å². The zero-order valence-corrected chi connectivity index (χ0v) is 64.6. The summed E-state index contributed by atoms with van der Waals surface area (Å²) in [5.41, 5.74) is -1.58. The summed E-state index contributed by atoms with van der Waals surface area (Å²) in [5, 5.41) is 7.44. The van der Waals surface area contributed by atoms with Crippen molar-refractivity contribution in [1.29, 1.82) is 0 Å². The number of nitrogens with one attached hydrogen (secondary N) is 3. The molecular weight excluding hydrogens is 1430 g/mol. The Morgan fingerprint density at radius 3 is 1.79 bits per heavy atom. The van der Waals surface area contributed by atoms with Gasteiger partial charge in [-0.2, -0.15) is 26.3 Å². The van der Waals surface area contributed by atoms with Gasteiger partial charge in [-0.1, -0.05) is 52.9 Å². The molecule has 0 radical (unpaired) electrons. The van der Waals surface area contributed by atoms with Crippen LogP contribution in [0.15, 0.2) is 0 Å². The molecule has 5 saturated carbocycles. The van der Waals surface area contributed by atoms with Crippen LogP contribution in [0.1, 0.15) is 188 Å². The van der Waals surface area contributed by atoms with Crippen LogP contribution in [0, 0.1) is 47.3 Å². The summed E-state index contributed by atoms with van der Waals surface area (Å²) in [6.45, 7) is 4.70. The quantitative estimate of drug-likeness (QED) is 0.152. The number of morpholine rings is 1. The Balaban J connectivity index is 1.08. The van der Waals surface area contributed by atoms with E-state index >= 15 is 43.2 Å². The van der Waals surface area contributed by atoms with Gasteiger partial charge in [0.1, 0.15) is 53.9 Å². The van der Waals surface area contributed by atoms with Crippen molar-refractivity contribution in [2.24, 2.45) is 47.3 Å². The third-order valence-corrected chi connectivity index (χ3v) is 25.8. The second kappa shape index (κ2) is 36.1. The Hall–Kier alpha value is -6.53. The smallest absolute Gasteiger partial charge is 0.378 e. The van der Waals surface area contributed by atoms with Gasteiger partial charge < -0.3 is 64.8 Å². The molecule has 1 spiro atoms. The highest BCUT2D eigenvalue weighted by Gasteiger charge is 2.54. The van der Waals surface area contributed by atoms with Crippen molar-refractivity contribution >= 4 is 82.5 Å². The van der Waals surface area contributed by atoms with Crippen LogP contribution in [0.3, 0.4) is 0 Å². The number of rotatable bonds is 11. The van der Waals surface area contributed by atoms with Crippen molar-refractivity contribution in [3.05, 3.63) is 0 Å². The highest BCUT2D eigenvalue weighted by atomic mass is 35.5. The molecule has 4 aliphatic heterocycles. The van der Waals surface area contributed by atoms with Crippen LogP contribution >= 0.6 is 11.6 Å². The minimum atomic E-state index is -4.55. The van der Waals surface area contributed by atoms with Crippen LogP contribution in [-0.2, 0) is 62.3 Å². The molecule has 9 fully saturated rings. The van der Waals surface area contributed by atoms with Crippen LogP contribution in [-0.4, -0.2) is 281 Å². The van der Waals surface area contributed by atoms with Gasteiger partial charge >= 0.3 is 12.4 Å². The number of carbonyl (C=O) groups excluding carboxylic acids is 12. The lowest BCUT2D eigenvalue weighted by Crippen LogP contribution is -2.68. The zero-order chi connectivity index (χ0) is 78.3. The molecule has 32 heteroatoms. The monoisotopic (exact) mass is 1540 g/mol. The second-order valence-electron chi connectivity index (χ2n) is 32.8. The molecule has 12 amide bonds. The first-order chi connectivity index (χ1) is 50.4. The second-order valence-corrected chi connectivity index (χ2v) is 33.4. The SMILES string of the molecule is CC[C@H](C)[C@@H]1NC(=O)[C@H](CC2CC2)N(C)C(=O)C[C@@H](C(=O)N2CCOCC2)N(C)C(=O)[C@H](C2CCCC2)N(C)C(=O)C2(CCC2)NC(=O)[C@@H]2CCCN2C(=O)[C@H](CCC2CCC(C(F)(F)F)C(Cl)C2)NC(=O)CN(C)C(=O)[C@H](CC2CCC(C(F)(F)F)CC2)N2C[C@H](C)CC[C@@H](C2=O)N(C)C(=O)CN(C)C1=O. The summed E-state index contributed by atoms with van der Waals surface area (Å²) in [7, 11) is 8.40. The molecule has 2 bridgehead atoms. The summed E-state index contributed by atoms with van der Waals surface area (Å²) in [6.07, 6.45) is -4.15. The summed E-state index contributed by atoms with van der Waals surface area (Å²) in [6, 6.07) is -10.4. The van der Waals surface area contributed by atoms with Gasteiger partial charge in [-0.05, 0) is 164 Å². The number of halogens is 7. The molecule has 5 aliphatic carbocycles. The molecular formula is C75H115ClF6N12O13. The summed E-state index contributed by atoms with van der Waals surface area (Å²) in [4.78, 5) is 193. The first-order valence-corrected chi connectivity index (χ1v) is 39.6.